The van der Waals surface area contributed by atoms with Crippen molar-refractivity contribution in [1.82, 2.24) is 9.78 Å². The molecule has 0 radical (unpaired) electrons. The summed E-state index contributed by atoms with van der Waals surface area (Å²) >= 11 is 0. The molecule has 7 nitrogen and oxygen atoms in total. The Bertz CT molecular complexity index is 1180. The summed E-state index contributed by atoms with van der Waals surface area (Å²) in [4.78, 5) is 12.9. The van der Waals surface area contributed by atoms with Gasteiger partial charge in [-0.05, 0) is 29.8 Å². The molecule has 0 spiro atoms. The number of carbonyl (C=O) groups excluding carboxylic acids is 1. The highest BCUT2D eigenvalue weighted by molar-refractivity contribution is 6.07. The highest BCUT2D eigenvalue weighted by Crippen LogP contribution is 2.44. The van der Waals surface area contributed by atoms with Gasteiger partial charge in [-0.2, -0.15) is 18.3 Å². The number of carbonyl (C=O) groups is 1. The molecular formula is C21H16F4N4O3. The number of fused-ring (bicyclic) bond motifs is 2. The number of nitrogens with zero attached hydrogens (tertiary/aromatic N) is 2. The topological polar surface area (TPSA) is 77.4 Å². The molecule has 0 aliphatic carbocycles. The van der Waals surface area contributed by atoms with E-state index in [0.717, 1.165) is 10.9 Å². The smallest absolute Gasteiger partial charge is 0.410 e. The lowest BCUT2D eigenvalue weighted by Gasteiger charge is -2.34. The van der Waals surface area contributed by atoms with Gasteiger partial charge < -0.3 is 20.1 Å². The molecule has 2 aliphatic rings. The lowest BCUT2D eigenvalue weighted by atomic mass is 9.96. The van der Waals surface area contributed by atoms with Gasteiger partial charge in [-0.25, -0.2) is 9.07 Å². The second-order valence-electron chi connectivity index (χ2n) is 7.42. The van der Waals surface area contributed by atoms with Gasteiger partial charge in [0.2, 0.25) is 6.79 Å². The van der Waals surface area contributed by atoms with Crippen LogP contribution in [0.15, 0.2) is 48.7 Å². The van der Waals surface area contributed by atoms with Gasteiger partial charge in [-0.15, -0.1) is 0 Å². The first-order chi connectivity index (χ1) is 15.3. The van der Waals surface area contributed by atoms with Crippen molar-refractivity contribution in [2.45, 2.75) is 24.7 Å². The second kappa shape index (κ2) is 7.43. The van der Waals surface area contributed by atoms with Crippen LogP contribution in [-0.4, -0.2) is 28.7 Å². The number of aromatic nitrogens is 2. The molecule has 0 fully saturated rings. The largest absolute Gasteiger partial charge is 0.454 e. The van der Waals surface area contributed by atoms with Crippen LogP contribution in [-0.2, 0) is 0 Å². The summed E-state index contributed by atoms with van der Waals surface area (Å²) in [6, 6.07) is 7.23. The summed E-state index contributed by atoms with van der Waals surface area (Å²) in [5.41, 5.74) is 0.802. The van der Waals surface area contributed by atoms with Gasteiger partial charge >= 0.3 is 6.18 Å². The van der Waals surface area contributed by atoms with Gasteiger partial charge in [0.25, 0.3) is 5.91 Å². The number of halogens is 4. The summed E-state index contributed by atoms with van der Waals surface area (Å²) < 4.78 is 65.9. The number of benzene rings is 2. The Kier molecular flexibility index (Phi) is 4.68. The Morgan fingerprint density at radius 2 is 1.88 bits per heavy atom. The van der Waals surface area contributed by atoms with E-state index in [9.17, 15) is 22.4 Å². The van der Waals surface area contributed by atoms with E-state index < -0.39 is 30.0 Å². The minimum Gasteiger partial charge on any atom is -0.454 e. The third-order valence-electron chi connectivity index (χ3n) is 5.39. The molecular weight excluding hydrogens is 432 g/mol. The van der Waals surface area contributed by atoms with Crippen molar-refractivity contribution in [3.8, 4) is 11.5 Å². The Morgan fingerprint density at radius 3 is 2.62 bits per heavy atom. The monoisotopic (exact) mass is 448 g/mol. The lowest BCUT2D eigenvalue weighted by molar-refractivity contribution is -0.173. The Hall–Kier alpha value is -3.76. The number of anilines is 2. The zero-order chi connectivity index (χ0) is 22.5. The highest BCUT2D eigenvalue weighted by Gasteiger charge is 2.47. The zero-order valence-corrected chi connectivity index (χ0v) is 16.3. The maximum absolute atomic E-state index is 13.8. The summed E-state index contributed by atoms with van der Waals surface area (Å²) in [5, 5.41) is 9.44. The van der Waals surface area contributed by atoms with Gasteiger partial charge in [0.15, 0.2) is 17.5 Å². The Morgan fingerprint density at radius 1 is 1.12 bits per heavy atom. The molecule has 1 amide bonds. The number of hydrogen-bond acceptors (Lipinski definition) is 5. The van der Waals surface area contributed by atoms with Crippen LogP contribution in [0, 0.1) is 5.82 Å². The quantitative estimate of drug-likeness (QED) is 0.570. The number of nitrogens with one attached hydrogen (secondary N) is 2. The first-order valence-corrected chi connectivity index (χ1v) is 9.67. The SMILES string of the molecule is O=C(Nc1ccc2c(c1)OCO2)c1cnn2c1N[C@@H](c1ccc(F)cc1)C[C@@H]2C(F)(F)F. The molecule has 5 rings (SSSR count). The van der Waals surface area contributed by atoms with Crippen LogP contribution < -0.4 is 20.1 Å². The molecule has 0 unspecified atom stereocenters. The molecule has 32 heavy (non-hydrogen) atoms. The van der Waals surface area contributed by atoms with E-state index in [-0.39, 0.29) is 24.6 Å². The van der Waals surface area contributed by atoms with E-state index in [0.29, 0.717) is 22.7 Å². The minimum absolute atomic E-state index is 0.0521. The van der Waals surface area contributed by atoms with Crippen molar-refractivity contribution >= 4 is 17.4 Å². The maximum atomic E-state index is 13.8. The van der Waals surface area contributed by atoms with Crippen LogP contribution in [0.2, 0.25) is 0 Å². The molecule has 2 aliphatic heterocycles. The predicted molar refractivity (Wildman–Crippen MR) is 105 cm³/mol. The Balaban J connectivity index is 1.46. The van der Waals surface area contributed by atoms with E-state index in [1.54, 1.807) is 18.2 Å². The van der Waals surface area contributed by atoms with Crippen molar-refractivity contribution in [1.29, 1.82) is 0 Å². The molecule has 11 heteroatoms. The third kappa shape index (κ3) is 3.59. The lowest BCUT2D eigenvalue weighted by Crippen LogP contribution is -2.36. The summed E-state index contributed by atoms with van der Waals surface area (Å²) in [6.07, 6.45) is -3.85. The van der Waals surface area contributed by atoms with E-state index in [1.165, 1.54) is 24.3 Å². The molecule has 166 valence electrons. The van der Waals surface area contributed by atoms with Crippen LogP contribution in [0.4, 0.5) is 29.1 Å². The van der Waals surface area contributed by atoms with E-state index in [2.05, 4.69) is 15.7 Å². The van der Waals surface area contributed by atoms with Gasteiger partial charge in [-0.1, -0.05) is 12.1 Å². The normalized spacial score (nSPS) is 19.2. The van der Waals surface area contributed by atoms with Crippen molar-refractivity contribution in [2.75, 3.05) is 17.4 Å². The number of amides is 1. The Labute approximate surface area is 178 Å². The van der Waals surface area contributed by atoms with Crippen molar-refractivity contribution in [3.05, 3.63) is 65.6 Å². The van der Waals surface area contributed by atoms with E-state index in [4.69, 9.17) is 9.47 Å². The zero-order valence-electron chi connectivity index (χ0n) is 16.3. The van der Waals surface area contributed by atoms with Gasteiger partial charge in [0.05, 0.1) is 12.2 Å². The molecule has 0 bridgehead atoms. The summed E-state index contributed by atoms with van der Waals surface area (Å²) in [6.45, 7) is 0.0666. The molecule has 1 aromatic heterocycles. The van der Waals surface area contributed by atoms with Crippen molar-refractivity contribution in [2.24, 2.45) is 0 Å². The van der Waals surface area contributed by atoms with E-state index >= 15 is 0 Å². The molecule has 3 aromatic rings. The third-order valence-corrected chi connectivity index (χ3v) is 5.39. The fourth-order valence-electron chi connectivity index (χ4n) is 3.82. The van der Waals surface area contributed by atoms with Crippen LogP contribution in [0.1, 0.15) is 34.4 Å². The second-order valence-corrected chi connectivity index (χ2v) is 7.42. The molecule has 2 aromatic carbocycles. The van der Waals surface area contributed by atoms with Crippen molar-refractivity contribution in [3.63, 3.8) is 0 Å². The molecule has 0 saturated carbocycles. The fourth-order valence-corrected chi connectivity index (χ4v) is 3.82. The maximum Gasteiger partial charge on any atom is 0.410 e. The van der Waals surface area contributed by atoms with Gasteiger partial charge in [0, 0.05) is 18.2 Å². The number of alkyl halides is 3. The summed E-state index contributed by atoms with van der Waals surface area (Å²) in [7, 11) is 0. The molecule has 2 N–H and O–H groups in total. The predicted octanol–water partition coefficient (Wildman–Crippen LogP) is 4.66. The van der Waals surface area contributed by atoms with Gasteiger partial charge in [-0.3, -0.25) is 4.79 Å². The number of rotatable bonds is 3. The van der Waals surface area contributed by atoms with Crippen LogP contribution in [0.5, 0.6) is 11.5 Å². The first-order valence-electron chi connectivity index (χ1n) is 9.67. The highest BCUT2D eigenvalue weighted by atomic mass is 19.4. The first kappa shape index (κ1) is 20.2. The molecule has 2 atom stereocenters. The average Bonchev–Trinajstić information content (AvgIpc) is 3.39. The molecule has 0 saturated heterocycles. The van der Waals surface area contributed by atoms with Gasteiger partial charge in [0.1, 0.15) is 17.2 Å². The molecule has 3 heterocycles. The van der Waals surface area contributed by atoms with Crippen molar-refractivity contribution < 1.29 is 31.8 Å². The number of hydrogen-bond donors (Lipinski definition) is 2. The average molecular weight is 448 g/mol. The van der Waals surface area contributed by atoms with Crippen LogP contribution in [0.3, 0.4) is 0 Å². The fraction of sp³-hybridized carbons (Fsp3) is 0.238. The van der Waals surface area contributed by atoms with Crippen LogP contribution in [0.25, 0.3) is 0 Å². The summed E-state index contributed by atoms with van der Waals surface area (Å²) in [5.74, 6) is -0.218. The van der Waals surface area contributed by atoms with Crippen LogP contribution >= 0.6 is 0 Å². The standard InChI is InChI=1S/C21H16F4N4O3/c22-12-3-1-11(2-4-12)15-8-18(21(23,24)25)29-19(28-15)14(9-26-29)20(30)27-13-5-6-16-17(7-13)32-10-31-16/h1-7,9,15,18,28H,8,10H2,(H,27,30)/t15-,18-/m1/s1. The number of ether oxygens (including phenoxy) is 2. The minimum atomic E-state index is -4.59. The van der Waals surface area contributed by atoms with E-state index in [1.807, 2.05) is 0 Å².